The van der Waals surface area contributed by atoms with E-state index >= 15 is 0 Å². The van der Waals surface area contributed by atoms with E-state index in [4.69, 9.17) is 0 Å². The minimum atomic E-state index is -1.36. The average Bonchev–Trinajstić information content (AvgIpc) is 2.99. The number of carbonyl (C=O) groups excluding carboxylic acids is 2. The monoisotopic (exact) mass is 309 g/mol. The number of esters is 1. The SMILES string of the molecule is COC(=O)[C@@H](NC(=O)C[C@H]1C=CCC1)c1cc(F)ccc1F. The topological polar surface area (TPSA) is 55.4 Å². The summed E-state index contributed by atoms with van der Waals surface area (Å²) in [5, 5.41) is 2.42. The quantitative estimate of drug-likeness (QED) is 0.672. The minimum absolute atomic E-state index is 0.107. The molecule has 2 atom stereocenters. The minimum Gasteiger partial charge on any atom is -0.467 e. The lowest BCUT2D eigenvalue weighted by Gasteiger charge is -2.18. The fourth-order valence-electron chi connectivity index (χ4n) is 2.44. The van der Waals surface area contributed by atoms with E-state index in [0.717, 1.165) is 38.2 Å². The average molecular weight is 309 g/mol. The van der Waals surface area contributed by atoms with E-state index < -0.39 is 29.6 Å². The van der Waals surface area contributed by atoms with Crippen molar-refractivity contribution in [3.05, 3.63) is 47.5 Å². The van der Waals surface area contributed by atoms with Crippen molar-refractivity contribution in [2.45, 2.75) is 25.3 Å². The van der Waals surface area contributed by atoms with Gasteiger partial charge in [0.25, 0.3) is 0 Å². The van der Waals surface area contributed by atoms with Crippen molar-refractivity contribution < 1.29 is 23.1 Å². The second-order valence-corrected chi connectivity index (χ2v) is 5.16. The molecule has 2 rings (SSSR count). The van der Waals surface area contributed by atoms with Gasteiger partial charge in [-0.05, 0) is 37.0 Å². The second kappa shape index (κ2) is 7.15. The Morgan fingerprint density at radius 1 is 1.41 bits per heavy atom. The third kappa shape index (κ3) is 3.90. The molecule has 22 heavy (non-hydrogen) atoms. The molecule has 0 unspecified atom stereocenters. The number of hydrogen-bond acceptors (Lipinski definition) is 3. The molecule has 1 aliphatic carbocycles. The van der Waals surface area contributed by atoms with Crippen LogP contribution in [0.2, 0.25) is 0 Å². The summed E-state index contributed by atoms with van der Waals surface area (Å²) in [5.41, 5.74) is -0.248. The smallest absolute Gasteiger partial charge is 0.333 e. The van der Waals surface area contributed by atoms with Crippen LogP contribution >= 0.6 is 0 Å². The van der Waals surface area contributed by atoms with Crippen molar-refractivity contribution in [2.75, 3.05) is 7.11 Å². The molecule has 0 saturated heterocycles. The summed E-state index contributed by atoms with van der Waals surface area (Å²) < 4.78 is 31.7. The van der Waals surface area contributed by atoms with Crippen LogP contribution in [0.25, 0.3) is 0 Å². The first-order valence-corrected chi connectivity index (χ1v) is 7.00. The predicted octanol–water partition coefficient (Wildman–Crippen LogP) is 2.65. The number of amides is 1. The number of hydrogen-bond donors (Lipinski definition) is 1. The first kappa shape index (κ1) is 16.1. The zero-order chi connectivity index (χ0) is 16.1. The van der Waals surface area contributed by atoms with Gasteiger partial charge in [-0.15, -0.1) is 0 Å². The van der Waals surface area contributed by atoms with Crippen molar-refractivity contribution in [2.24, 2.45) is 5.92 Å². The van der Waals surface area contributed by atoms with Gasteiger partial charge in [-0.25, -0.2) is 13.6 Å². The van der Waals surface area contributed by atoms with Gasteiger partial charge in [-0.1, -0.05) is 12.2 Å². The van der Waals surface area contributed by atoms with Crippen molar-refractivity contribution in [1.29, 1.82) is 0 Å². The molecule has 1 aromatic rings. The lowest BCUT2D eigenvalue weighted by Crippen LogP contribution is -2.35. The van der Waals surface area contributed by atoms with E-state index in [0.29, 0.717) is 0 Å². The summed E-state index contributed by atoms with van der Waals surface area (Å²) >= 11 is 0. The molecule has 0 heterocycles. The maximum absolute atomic E-state index is 13.8. The third-order valence-electron chi connectivity index (χ3n) is 3.57. The zero-order valence-electron chi connectivity index (χ0n) is 12.1. The molecule has 0 saturated carbocycles. The molecule has 1 aliphatic rings. The van der Waals surface area contributed by atoms with Crippen LogP contribution in [0.5, 0.6) is 0 Å². The predicted molar refractivity (Wildman–Crippen MR) is 75.7 cm³/mol. The number of nitrogens with one attached hydrogen (secondary N) is 1. The molecule has 1 amide bonds. The molecular formula is C16H17F2NO3. The summed E-state index contributed by atoms with van der Waals surface area (Å²) in [4.78, 5) is 23.8. The van der Waals surface area contributed by atoms with Gasteiger partial charge < -0.3 is 10.1 Å². The largest absolute Gasteiger partial charge is 0.467 e. The fourth-order valence-corrected chi connectivity index (χ4v) is 2.44. The normalized spacial score (nSPS) is 18.0. The van der Waals surface area contributed by atoms with E-state index in [1.165, 1.54) is 0 Å². The van der Waals surface area contributed by atoms with Gasteiger partial charge in [0.05, 0.1) is 7.11 Å². The standard InChI is InChI=1S/C16H17F2NO3/c1-22-16(21)15(12-9-11(17)6-7-13(12)18)19-14(20)8-10-4-2-3-5-10/h2,4,6-7,9-10,15H,3,5,8H2,1H3,(H,19,20)/t10-,15-/m0/s1. The van der Waals surface area contributed by atoms with Crippen molar-refractivity contribution in [1.82, 2.24) is 5.32 Å². The second-order valence-electron chi connectivity index (χ2n) is 5.16. The summed E-state index contributed by atoms with van der Waals surface area (Å²) in [6.07, 6.45) is 5.90. The first-order chi connectivity index (χ1) is 10.5. The zero-order valence-corrected chi connectivity index (χ0v) is 12.1. The molecule has 0 radical (unpaired) electrons. The number of rotatable bonds is 5. The number of allylic oxidation sites excluding steroid dienone is 2. The van der Waals surface area contributed by atoms with Gasteiger partial charge in [0, 0.05) is 12.0 Å². The molecule has 1 aromatic carbocycles. The summed E-state index contributed by atoms with van der Waals surface area (Å²) in [6.45, 7) is 0. The number of ether oxygens (including phenoxy) is 1. The summed E-state index contributed by atoms with van der Waals surface area (Å²) in [7, 11) is 1.12. The van der Waals surface area contributed by atoms with Crippen LogP contribution < -0.4 is 5.32 Å². The number of benzene rings is 1. The molecule has 6 heteroatoms. The van der Waals surface area contributed by atoms with Crippen molar-refractivity contribution in [3.8, 4) is 0 Å². The lowest BCUT2D eigenvalue weighted by molar-refractivity contribution is -0.145. The van der Waals surface area contributed by atoms with Gasteiger partial charge >= 0.3 is 5.97 Å². The van der Waals surface area contributed by atoms with E-state index in [-0.39, 0.29) is 17.9 Å². The number of carbonyl (C=O) groups is 2. The Hall–Kier alpha value is -2.24. The number of halogens is 2. The van der Waals surface area contributed by atoms with Crippen LogP contribution in [-0.4, -0.2) is 19.0 Å². The molecule has 0 spiro atoms. The van der Waals surface area contributed by atoms with Gasteiger partial charge in [0.1, 0.15) is 11.6 Å². The molecule has 0 bridgehead atoms. The van der Waals surface area contributed by atoms with E-state index in [1.54, 1.807) is 0 Å². The van der Waals surface area contributed by atoms with Gasteiger partial charge in [0.15, 0.2) is 6.04 Å². The van der Waals surface area contributed by atoms with Gasteiger partial charge in [-0.3, -0.25) is 4.79 Å². The van der Waals surface area contributed by atoms with Crippen molar-refractivity contribution >= 4 is 11.9 Å². The van der Waals surface area contributed by atoms with E-state index in [2.05, 4.69) is 10.1 Å². The van der Waals surface area contributed by atoms with Gasteiger partial charge in [-0.2, -0.15) is 0 Å². The van der Waals surface area contributed by atoms with Gasteiger partial charge in [0.2, 0.25) is 5.91 Å². The fraction of sp³-hybridized carbons (Fsp3) is 0.375. The van der Waals surface area contributed by atoms with Crippen LogP contribution in [0.15, 0.2) is 30.4 Å². The first-order valence-electron chi connectivity index (χ1n) is 7.00. The third-order valence-corrected chi connectivity index (χ3v) is 3.57. The highest BCUT2D eigenvalue weighted by Gasteiger charge is 2.27. The molecule has 0 fully saturated rings. The van der Waals surface area contributed by atoms with Crippen LogP contribution in [0.4, 0.5) is 8.78 Å². The Labute approximate surface area is 127 Å². The maximum atomic E-state index is 13.8. The molecule has 118 valence electrons. The highest BCUT2D eigenvalue weighted by molar-refractivity contribution is 5.85. The lowest BCUT2D eigenvalue weighted by atomic mass is 10.0. The van der Waals surface area contributed by atoms with Crippen molar-refractivity contribution in [3.63, 3.8) is 0 Å². The van der Waals surface area contributed by atoms with Crippen LogP contribution in [0, 0.1) is 17.6 Å². The van der Waals surface area contributed by atoms with Crippen LogP contribution in [0.3, 0.4) is 0 Å². The van der Waals surface area contributed by atoms with Crippen LogP contribution in [-0.2, 0) is 14.3 Å². The highest BCUT2D eigenvalue weighted by atomic mass is 19.1. The molecule has 0 aliphatic heterocycles. The highest BCUT2D eigenvalue weighted by Crippen LogP contribution is 2.23. The van der Waals surface area contributed by atoms with E-state index in [1.807, 2.05) is 12.2 Å². The Bertz CT molecular complexity index is 601. The maximum Gasteiger partial charge on any atom is 0.333 e. The Balaban J connectivity index is 2.15. The van der Waals surface area contributed by atoms with E-state index in [9.17, 15) is 18.4 Å². The molecule has 4 nitrogen and oxygen atoms in total. The summed E-state index contributed by atoms with van der Waals surface area (Å²) in [5.74, 6) is -2.62. The molecule has 1 N–H and O–H groups in total. The molecular weight excluding hydrogens is 292 g/mol. The Kier molecular flexibility index (Phi) is 5.25. The Morgan fingerprint density at radius 2 is 2.18 bits per heavy atom. The Morgan fingerprint density at radius 3 is 2.82 bits per heavy atom. The number of methoxy groups -OCH3 is 1. The molecule has 0 aromatic heterocycles. The van der Waals surface area contributed by atoms with Crippen LogP contribution in [0.1, 0.15) is 30.9 Å². The summed E-state index contributed by atoms with van der Waals surface area (Å²) in [6, 6.07) is 1.37.